The van der Waals surface area contributed by atoms with Crippen LogP contribution in [0.2, 0.25) is 5.02 Å². The molecule has 0 radical (unpaired) electrons. The minimum Gasteiger partial charge on any atom is -0.495 e. The zero-order valence-corrected chi connectivity index (χ0v) is 14.9. The number of amides is 1. The summed E-state index contributed by atoms with van der Waals surface area (Å²) in [7, 11) is 1.54. The van der Waals surface area contributed by atoms with Gasteiger partial charge in [0, 0.05) is 11.9 Å². The van der Waals surface area contributed by atoms with Crippen molar-refractivity contribution in [3.63, 3.8) is 0 Å². The van der Waals surface area contributed by atoms with Gasteiger partial charge < -0.3 is 14.8 Å². The largest absolute Gasteiger partial charge is 0.495 e. The van der Waals surface area contributed by atoms with E-state index in [1.807, 2.05) is 19.1 Å². The second kappa shape index (κ2) is 7.03. The maximum absolute atomic E-state index is 12.8. The number of carbonyl (C=O) groups excluding carboxylic acids is 1. The van der Waals surface area contributed by atoms with Crippen LogP contribution in [0, 0.1) is 6.92 Å². The molecule has 0 saturated heterocycles. The number of aryl methyl sites for hydroxylation is 1. The van der Waals surface area contributed by atoms with E-state index in [4.69, 9.17) is 21.1 Å². The molecule has 0 fully saturated rings. The van der Waals surface area contributed by atoms with Gasteiger partial charge in [0.15, 0.2) is 11.4 Å². The van der Waals surface area contributed by atoms with Crippen LogP contribution in [0.15, 0.2) is 36.5 Å². The fourth-order valence-electron chi connectivity index (χ4n) is 2.63. The van der Waals surface area contributed by atoms with Crippen LogP contribution >= 0.6 is 11.6 Å². The third kappa shape index (κ3) is 3.25. The average Bonchev–Trinajstić information content (AvgIpc) is 2.92. The van der Waals surface area contributed by atoms with Crippen LogP contribution in [0.5, 0.6) is 11.5 Å². The lowest BCUT2D eigenvalue weighted by Crippen LogP contribution is -2.15. The Bertz CT molecular complexity index is 937. The Morgan fingerprint density at radius 3 is 2.80 bits per heavy atom. The van der Waals surface area contributed by atoms with Crippen LogP contribution < -0.4 is 14.8 Å². The topological polar surface area (TPSA) is 64.9 Å². The van der Waals surface area contributed by atoms with E-state index < -0.39 is 0 Å². The van der Waals surface area contributed by atoms with Crippen molar-refractivity contribution in [1.29, 1.82) is 0 Å². The molecule has 2 aromatic heterocycles. The van der Waals surface area contributed by atoms with Crippen LogP contribution in [-0.2, 0) is 0 Å². The minimum absolute atomic E-state index is 0.278. The first-order chi connectivity index (χ1) is 12.0. The quantitative estimate of drug-likeness (QED) is 0.749. The second-order valence-corrected chi connectivity index (χ2v) is 5.76. The summed E-state index contributed by atoms with van der Waals surface area (Å²) in [5, 5.41) is 3.27. The lowest BCUT2D eigenvalue weighted by atomic mass is 10.2. The summed E-state index contributed by atoms with van der Waals surface area (Å²) in [4.78, 5) is 17.2. The number of anilines is 1. The number of methoxy groups -OCH3 is 1. The first-order valence-corrected chi connectivity index (χ1v) is 8.18. The Kier molecular flexibility index (Phi) is 4.81. The Morgan fingerprint density at radius 1 is 1.32 bits per heavy atom. The molecule has 0 saturated carbocycles. The Hall–Kier alpha value is -2.73. The monoisotopic (exact) mass is 359 g/mol. The van der Waals surface area contributed by atoms with Crippen LogP contribution in [0.3, 0.4) is 0 Å². The van der Waals surface area contributed by atoms with E-state index in [1.165, 1.54) is 7.11 Å². The normalized spacial score (nSPS) is 10.7. The van der Waals surface area contributed by atoms with Gasteiger partial charge in [0.05, 0.1) is 24.4 Å². The summed E-state index contributed by atoms with van der Waals surface area (Å²) < 4.78 is 12.4. The molecule has 1 aromatic carbocycles. The number of nitrogens with one attached hydrogen (secondary N) is 1. The van der Waals surface area contributed by atoms with Crippen molar-refractivity contribution >= 4 is 28.8 Å². The number of hydrogen-bond donors (Lipinski definition) is 1. The molecule has 0 bridgehead atoms. The molecule has 1 amide bonds. The zero-order valence-electron chi connectivity index (χ0n) is 14.2. The second-order valence-electron chi connectivity index (χ2n) is 5.35. The number of ether oxygens (including phenoxy) is 2. The Balaban J connectivity index is 1.96. The number of hydrogen-bond acceptors (Lipinski definition) is 4. The molecule has 130 valence electrons. The molecule has 3 aromatic rings. The number of carbonyl (C=O) groups is 1. The van der Waals surface area contributed by atoms with Gasteiger partial charge in [0.2, 0.25) is 0 Å². The van der Waals surface area contributed by atoms with Crippen molar-refractivity contribution in [3.05, 3.63) is 52.9 Å². The SMILES string of the molecule is CCOc1cccn2c(C(=O)Nc3ccc(OC)c(Cl)c3)c(C)nc12. The van der Waals surface area contributed by atoms with E-state index >= 15 is 0 Å². The third-order valence-electron chi connectivity index (χ3n) is 3.71. The lowest BCUT2D eigenvalue weighted by Gasteiger charge is -2.09. The molecule has 0 aliphatic carbocycles. The fourth-order valence-corrected chi connectivity index (χ4v) is 2.89. The van der Waals surface area contributed by atoms with Gasteiger partial charge in [0.25, 0.3) is 5.91 Å². The minimum atomic E-state index is -0.278. The summed E-state index contributed by atoms with van der Waals surface area (Å²) >= 11 is 6.11. The number of imidazole rings is 1. The molecule has 0 spiro atoms. The summed E-state index contributed by atoms with van der Waals surface area (Å²) in [6.45, 7) is 4.22. The van der Waals surface area contributed by atoms with Gasteiger partial charge in [0.1, 0.15) is 11.4 Å². The maximum Gasteiger partial charge on any atom is 0.274 e. The highest BCUT2D eigenvalue weighted by molar-refractivity contribution is 6.32. The van der Waals surface area contributed by atoms with E-state index in [9.17, 15) is 4.79 Å². The van der Waals surface area contributed by atoms with Gasteiger partial charge in [-0.3, -0.25) is 9.20 Å². The molecule has 0 aliphatic heterocycles. The van der Waals surface area contributed by atoms with Gasteiger partial charge in [-0.25, -0.2) is 4.98 Å². The Morgan fingerprint density at radius 2 is 2.12 bits per heavy atom. The van der Waals surface area contributed by atoms with E-state index in [1.54, 1.807) is 35.7 Å². The van der Waals surface area contributed by atoms with Crippen molar-refractivity contribution in [3.8, 4) is 11.5 Å². The van der Waals surface area contributed by atoms with Crippen molar-refractivity contribution in [2.75, 3.05) is 19.0 Å². The summed E-state index contributed by atoms with van der Waals surface area (Å²) in [5.41, 5.74) is 2.25. The van der Waals surface area contributed by atoms with E-state index in [0.29, 0.717) is 45.9 Å². The molecule has 0 atom stereocenters. The number of pyridine rings is 1. The van der Waals surface area contributed by atoms with Crippen LogP contribution in [0.25, 0.3) is 5.65 Å². The van der Waals surface area contributed by atoms with Gasteiger partial charge in [-0.05, 0) is 44.2 Å². The highest BCUT2D eigenvalue weighted by atomic mass is 35.5. The molecule has 3 rings (SSSR count). The summed E-state index contributed by atoms with van der Waals surface area (Å²) in [6.07, 6.45) is 1.79. The van der Waals surface area contributed by atoms with Crippen molar-refractivity contribution in [2.24, 2.45) is 0 Å². The number of benzene rings is 1. The van der Waals surface area contributed by atoms with Crippen molar-refractivity contribution in [1.82, 2.24) is 9.38 Å². The van der Waals surface area contributed by atoms with Crippen LogP contribution in [0.4, 0.5) is 5.69 Å². The van der Waals surface area contributed by atoms with E-state index in [2.05, 4.69) is 10.3 Å². The smallest absolute Gasteiger partial charge is 0.274 e. The lowest BCUT2D eigenvalue weighted by molar-refractivity contribution is 0.102. The molecule has 6 nitrogen and oxygen atoms in total. The van der Waals surface area contributed by atoms with Crippen LogP contribution in [-0.4, -0.2) is 29.0 Å². The van der Waals surface area contributed by atoms with E-state index in [0.717, 1.165) is 0 Å². The van der Waals surface area contributed by atoms with Gasteiger partial charge >= 0.3 is 0 Å². The molecule has 2 heterocycles. The molecule has 7 heteroatoms. The molecule has 25 heavy (non-hydrogen) atoms. The van der Waals surface area contributed by atoms with Gasteiger partial charge in [-0.15, -0.1) is 0 Å². The third-order valence-corrected chi connectivity index (χ3v) is 4.01. The van der Waals surface area contributed by atoms with Crippen molar-refractivity contribution in [2.45, 2.75) is 13.8 Å². The molecule has 0 unspecified atom stereocenters. The predicted octanol–water partition coefficient (Wildman–Crippen LogP) is 3.96. The highest BCUT2D eigenvalue weighted by Gasteiger charge is 2.19. The van der Waals surface area contributed by atoms with Crippen LogP contribution in [0.1, 0.15) is 23.1 Å². The first-order valence-electron chi connectivity index (χ1n) is 7.80. The predicted molar refractivity (Wildman–Crippen MR) is 97.1 cm³/mol. The number of nitrogens with zero attached hydrogens (tertiary/aromatic N) is 2. The highest BCUT2D eigenvalue weighted by Crippen LogP contribution is 2.28. The van der Waals surface area contributed by atoms with Gasteiger partial charge in [-0.1, -0.05) is 11.6 Å². The van der Waals surface area contributed by atoms with Crippen molar-refractivity contribution < 1.29 is 14.3 Å². The standard InChI is InChI=1S/C18H18ClN3O3/c1-4-25-15-6-5-9-22-16(11(2)20-17(15)22)18(23)21-12-7-8-14(24-3)13(19)10-12/h5-10H,4H2,1-3H3,(H,21,23). The number of halogens is 1. The Labute approximate surface area is 150 Å². The first kappa shape index (κ1) is 17.1. The zero-order chi connectivity index (χ0) is 18.0. The molecule has 1 N–H and O–H groups in total. The van der Waals surface area contributed by atoms with Gasteiger partial charge in [-0.2, -0.15) is 0 Å². The maximum atomic E-state index is 12.8. The fraction of sp³-hybridized carbons (Fsp3) is 0.222. The number of rotatable bonds is 5. The average molecular weight is 360 g/mol. The summed E-state index contributed by atoms with van der Waals surface area (Å²) in [6, 6.07) is 8.72. The van der Waals surface area contributed by atoms with E-state index in [-0.39, 0.29) is 5.91 Å². The number of aromatic nitrogens is 2. The molecular weight excluding hydrogens is 342 g/mol. The molecular formula is C18H18ClN3O3. The number of fused-ring (bicyclic) bond motifs is 1. The summed E-state index contributed by atoms with van der Waals surface area (Å²) in [5.74, 6) is 0.909. The molecule has 0 aliphatic rings.